The Bertz CT molecular complexity index is 908. The predicted molar refractivity (Wildman–Crippen MR) is 101 cm³/mol. The molecule has 1 aromatic carbocycles. The van der Waals surface area contributed by atoms with Gasteiger partial charge >= 0.3 is 6.09 Å². The highest BCUT2D eigenvalue weighted by atomic mass is 16.6. The molecular weight excluding hydrogens is 354 g/mol. The van der Waals surface area contributed by atoms with Crippen LogP contribution in [0.5, 0.6) is 0 Å². The third-order valence-corrected chi connectivity index (χ3v) is 5.68. The van der Waals surface area contributed by atoms with Crippen LogP contribution in [0.15, 0.2) is 48.7 Å². The lowest BCUT2D eigenvalue weighted by molar-refractivity contribution is 0.0485. The number of nitrogens with zero attached hydrogens (tertiary/aromatic N) is 3. The highest BCUT2D eigenvalue weighted by molar-refractivity contribution is 5.98. The Kier molecular flexibility index (Phi) is 5.07. The summed E-state index contributed by atoms with van der Waals surface area (Å²) in [7, 11) is 0. The molecule has 2 saturated heterocycles. The minimum atomic E-state index is -0.294. The molecule has 2 fully saturated rings. The van der Waals surface area contributed by atoms with Crippen LogP contribution in [0.25, 0.3) is 0 Å². The van der Waals surface area contributed by atoms with Gasteiger partial charge in [-0.15, -0.1) is 0 Å². The number of aromatic nitrogens is 1. The van der Waals surface area contributed by atoms with E-state index in [4.69, 9.17) is 10.00 Å². The standard InChI is InChI=1S/C22H21N3O3/c23-13-18-10-16(8-9-24-18)21(26)17-11-19-6-7-20(12-17)25(19)22(27)28-14-15-4-2-1-3-5-15/h1-5,8-10,17,19-20H,6-7,11-12,14H2. The molecule has 2 aliphatic heterocycles. The largest absolute Gasteiger partial charge is 0.445 e. The number of benzene rings is 1. The maximum absolute atomic E-state index is 12.9. The third kappa shape index (κ3) is 3.61. The molecule has 6 heteroatoms. The number of rotatable bonds is 4. The molecule has 4 rings (SSSR count). The van der Waals surface area contributed by atoms with E-state index in [-0.39, 0.29) is 42.2 Å². The van der Waals surface area contributed by atoms with Crippen molar-refractivity contribution in [3.63, 3.8) is 0 Å². The van der Waals surface area contributed by atoms with Crippen LogP contribution in [-0.4, -0.2) is 33.8 Å². The van der Waals surface area contributed by atoms with Crippen LogP contribution in [0.3, 0.4) is 0 Å². The lowest BCUT2D eigenvalue weighted by Crippen LogP contribution is -2.48. The molecule has 6 nitrogen and oxygen atoms in total. The van der Waals surface area contributed by atoms with Crippen LogP contribution in [0, 0.1) is 17.2 Å². The van der Waals surface area contributed by atoms with Gasteiger partial charge < -0.3 is 9.64 Å². The quantitative estimate of drug-likeness (QED) is 0.761. The van der Waals surface area contributed by atoms with Crippen molar-refractivity contribution in [3.05, 3.63) is 65.5 Å². The van der Waals surface area contributed by atoms with E-state index in [9.17, 15) is 9.59 Å². The molecule has 0 aliphatic carbocycles. The maximum Gasteiger partial charge on any atom is 0.410 e. The van der Waals surface area contributed by atoms with Crippen molar-refractivity contribution >= 4 is 11.9 Å². The molecule has 1 aromatic heterocycles. The number of amides is 1. The molecule has 2 bridgehead atoms. The first kappa shape index (κ1) is 18.2. The molecular formula is C22H21N3O3. The number of fused-ring (bicyclic) bond motifs is 2. The summed E-state index contributed by atoms with van der Waals surface area (Å²) in [5.41, 5.74) is 1.73. The van der Waals surface area contributed by atoms with Gasteiger partial charge in [-0.3, -0.25) is 4.79 Å². The van der Waals surface area contributed by atoms with E-state index in [2.05, 4.69) is 4.98 Å². The minimum absolute atomic E-state index is 0.0353. The van der Waals surface area contributed by atoms with Crippen LogP contribution in [0.4, 0.5) is 4.79 Å². The molecule has 2 atom stereocenters. The fraction of sp³-hybridized carbons (Fsp3) is 0.364. The Hall–Kier alpha value is -3.20. The van der Waals surface area contributed by atoms with Gasteiger partial charge in [-0.05, 0) is 43.4 Å². The average Bonchev–Trinajstić information content (AvgIpc) is 3.01. The van der Waals surface area contributed by atoms with Crippen LogP contribution in [0.2, 0.25) is 0 Å². The predicted octanol–water partition coefficient (Wildman–Crippen LogP) is 3.72. The number of pyridine rings is 1. The molecule has 3 heterocycles. The minimum Gasteiger partial charge on any atom is -0.445 e. The van der Waals surface area contributed by atoms with E-state index in [1.54, 1.807) is 12.1 Å². The van der Waals surface area contributed by atoms with Crippen LogP contribution >= 0.6 is 0 Å². The highest BCUT2D eigenvalue weighted by Gasteiger charge is 2.45. The molecule has 1 amide bonds. The zero-order valence-corrected chi connectivity index (χ0v) is 15.5. The number of ketones is 1. The molecule has 0 saturated carbocycles. The number of carbonyl (C=O) groups is 2. The first-order chi connectivity index (χ1) is 13.7. The Balaban J connectivity index is 1.40. The first-order valence-corrected chi connectivity index (χ1v) is 9.55. The number of hydrogen-bond acceptors (Lipinski definition) is 5. The van der Waals surface area contributed by atoms with Gasteiger partial charge in [0, 0.05) is 29.8 Å². The number of piperidine rings is 1. The Morgan fingerprint density at radius 2 is 1.86 bits per heavy atom. The summed E-state index contributed by atoms with van der Waals surface area (Å²) in [6.45, 7) is 0.256. The van der Waals surface area contributed by atoms with Gasteiger partial charge in [0.2, 0.25) is 0 Å². The topological polar surface area (TPSA) is 83.3 Å². The first-order valence-electron chi connectivity index (χ1n) is 9.55. The Morgan fingerprint density at radius 1 is 1.14 bits per heavy atom. The third-order valence-electron chi connectivity index (χ3n) is 5.68. The van der Waals surface area contributed by atoms with E-state index < -0.39 is 0 Å². The van der Waals surface area contributed by atoms with Crippen molar-refractivity contribution in [2.24, 2.45) is 5.92 Å². The van der Waals surface area contributed by atoms with Crippen molar-refractivity contribution in [1.82, 2.24) is 9.88 Å². The molecule has 2 aromatic rings. The van der Waals surface area contributed by atoms with E-state index in [1.165, 1.54) is 6.20 Å². The summed E-state index contributed by atoms with van der Waals surface area (Å²) in [5.74, 6) is -0.0993. The van der Waals surface area contributed by atoms with Gasteiger partial charge in [0.05, 0.1) is 0 Å². The summed E-state index contributed by atoms with van der Waals surface area (Å²) < 4.78 is 5.52. The number of nitriles is 1. The summed E-state index contributed by atoms with van der Waals surface area (Å²) in [4.78, 5) is 31.3. The van der Waals surface area contributed by atoms with Gasteiger partial charge in [-0.2, -0.15) is 5.26 Å². The van der Waals surface area contributed by atoms with Crippen molar-refractivity contribution in [1.29, 1.82) is 5.26 Å². The second-order valence-corrected chi connectivity index (χ2v) is 7.41. The van der Waals surface area contributed by atoms with Gasteiger partial charge in [0.1, 0.15) is 18.4 Å². The molecule has 0 spiro atoms. The van der Waals surface area contributed by atoms with Gasteiger partial charge in [0.15, 0.2) is 5.78 Å². The van der Waals surface area contributed by atoms with E-state index in [0.29, 0.717) is 18.4 Å². The summed E-state index contributed by atoms with van der Waals surface area (Å²) in [6, 6.07) is 14.9. The molecule has 0 radical (unpaired) electrons. The second kappa shape index (κ2) is 7.81. The zero-order valence-electron chi connectivity index (χ0n) is 15.5. The summed E-state index contributed by atoms with van der Waals surface area (Å²) >= 11 is 0. The molecule has 142 valence electrons. The molecule has 28 heavy (non-hydrogen) atoms. The van der Waals surface area contributed by atoms with Crippen LogP contribution in [-0.2, 0) is 11.3 Å². The van der Waals surface area contributed by atoms with Gasteiger partial charge in [0.25, 0.3) is 0 Å². The van der Waals surface area contributed by atoms with E-state index in [0.717, 1.165) is 18.4 Å². The second-order valence-electron chi connectivity index (χ2n) is 7.41. The molecule has 0 N–H and O–H groups in total. The van der Waals surface area contributed by atoms with Crippen molar-refractivity contribution in [3.8, 4) is 6.07 Å². The SMILES string of the molecule is N#Cc1cc(C(=O)C2CC3CCC(C2)N3C(=O)OCc2ccccc2)ccn1. The Morgan fingerprint density at radius 3 is 2.54 bits per heavy atom. The van der Waals surface area contributed by atoms with Crippen LogP contribution < -0.4 is 0 Å². The van der Waals surface area contributed by atoms with Crippen molar-refractivity contribution < 1.29 is 14.3 Å². The number of hydrogen-bond donors (Lipinski definition) is 0. The van der Waals surface area contributed by atoms with Crippen LogP contribution in [0.1, 0.15) is 47.3 Å². The maximum atomic E-state index is 12.9. The highest BCUT2D eigenvalue weighted by Crippen LogP contribution is 2.40. The average molecular weight is 375 g/mol. The van der Waals surface area contributed by atoms with Gasteiger partial charge in [-0.25, -0.2) is 9.78 Å². The van der Waals surface area contributed by atoms with E-state index >= 15 is 0 Å². The van der Waals surface area contributed by atoms with Gasteiger partial charge in [-0.1, -0.05) is 30.3 Å². The monoisotopic (exact) mass is 375 g/mol. The summed E-state index contributed by atoms with van der Waals surface area (Å²) in [6.07, 6.45) is 4.28. The van der Waals surface area contributed by atoms with Crippen molar-refractivity contribution in [2.75, 3.05) is 0 Å². The van der Waals surface area contributed by atoms with Crippen molar-refractivity contribution in [2.45, 2.75) is 44.4 Å². The smallest absolute Gasteiger partial charge is 0.410 e. The lowest BCUT2D eigenvalue weighted by Gasteiger charge is -2.37. The fourth-order valence-electron chi connectivity index (χ4n) is 4.36. The lowest BCUT2D eigenvalue weighted by atomic mass is 9.85. The molecule has 2 unspecified atom stereocenters. The fourth-order valence-corrected chi connectivity index (χ4v) is 4.36. The number of ether oxygens (including phenoxy) is 1. The number of carbonyl (C=O) groups excluding carboxylic acids is 2. The Labute approximate surface area is 163 Å². The normalized spacial score (nSPS) is 23.1. The summed E-state index contributed by atoms with van der Waals surface area (Å²) in [5, 5.41) is 9.00. The zero-order chi connectivity index (χ0) is 19.5. The number of Topliss-reactive ketones (excluding diaryl/α,β-unsaturated/α-hetero) is 1. The molecule has 2 aliphatic rings. The van der Waals surface area contributed by atoms with E-state index in [1.807, 2.05) is 41.3 Å².